The molecule has 3 aromatic rings. The molecule has 0 saturated carbocycles. The Morgan fingerprint density at radius 1 is 1.04 bits per heavy atom. The van der Waals surface area contributed by atoms with Gasteiger partial charge in [0.1, 0.15) is 13.2 Å². The van der Waals surface area contributed by atoms with Crippen LogP contribution in [-0.2, 0) is 6.54 Å². The van der Waals surface area contributed by atoms with E-state index in [2.05, 4.69) is 0 Å². The highest BCUT2D eigenvalue weighted by Crippen LogP contribution is 2.32. The Morgan fingerprint density at radius 3 is 2.54 bits per heavy atom. The number of amides is 1. The SMILES string of the molecule is CCN(Cc1ccc2c(c1)OCCO2)C(=O)c1ccc(-c2ccc(Cl)cc2)s1. The number of thiophene rings is 1. The van der Waals surface area contributed by atoms with Gasteiger partial charge in [-0.1, -0.05) is 29.8 Å². The van der Waals surface area contributed by atoms with Gasteiger partial charge in [0.05, 0.1) is 4.88 Å². The monoisotopic (exact) mass is 413 g/mol. The first-order valence-electron chi connectivity index (χ1n) is 9.17. The van der Waals surface area contributed by atoms with Crippen LogP contribution in [0.2, 0.25) is 5.02 Å². The van der Waals surface area contributed by atoms with Gasteiger partial charge in [0.15, 0.2) is 11.5 Å². The van der Waals surface area contributed by atoms with Crippen molar-refractivity contribution in [2.75, 3.05) is 19.8 Å². The van der Waals surface area contributed by atoms with Crippen LogP contribution in [0.3, 0.4) is 0 Å². The summed E-state index contributed by atoms with van der Waals surface area (Å²) < 4.78 is 11.2. The number of hydrogen-bond acceptors (Lipinski definition) is 4. The molecule has 0 radical (unpaired) electrons. The second-order valence-corrected chi connectivity index (χ2v) is 7.99. The van der Waals surface area contributed by atoms with Crippen LogP contribution < -0.4 is 9.47 Å². The summed E-state index contributed by atoms with van der Waals surface area (Å²) in [5.74, 6) is 1.53. The van der Waals surface area contributed by atoms with E-state index in [4.69, 9.17) is 21.1 Å². The number of benzene rings is 2. The molecule has 0 atom stereocenters. The Balaban J connectivity index is 1.50. The summed E-state index contributed by atoms with van der Waals surface area (Å²) in [5, 5.41) is 0.702. The summed E-state index contributed by atoms with van der Waals surface area (Å²) in [7, 11) is 0. The van der Waals surface area contributed by atoms with E-state index in [0.29, 0.717) is 31.3 Å². The van der Waals surface area contributed by atoms with Gasteiger partial charge in [0, 0.05) is 23.0 Å². The molecule has 0 aliphatic carbocycles. The van der Waals surface area contributed by atoms with Crippen molar-refractivity contribution in [3.63, 3.8) is 0 Å². The topological polar surface area (TPSA) is 38.8 Å². The van der Waals surface area contributed by atoms with Crippen molar-refractivity contribution in [1.29, 1.82) is 0 Å². The fraction of sp³-hybridized carbons (Fsp3) is 0.227. The van der Waals surface area contributed by atoms with Gasteiger partial charge in [-0.3, -0.25) is 4.79 Å². The largest absolute Gasteiger partial charge is 0.486 e. The quantitative estimate of drug-likeness (QED) is 0.554. The number of ether oxygens (including phenoxy) is 2. The van der Waals surface area contributed by atoms with Crippen molar-refractivity contribution in [3.8, 4) is 21.9 Å². The van der Waals surface area contributed by atoms with Crippen molar-refractivity contribution in [1.82, 2.24) is 4.90 Å². The lowest BCUT2D eigenvalue weighted by Crippen LogP contribution is -2.29. The first kappa shape index (κ1) is 18.8. The average molecular weight is 414 g/mol. The summed E-state index contributed by atoms with van der Waals surface area (Å²) in [6.45, 7) is 4.26. The van der Waals surface area contributed by atoms with Gasteiger partial charge >= 0.3 is 0 Å². The molecule has 0 bridgehead atoms. The van der Waals surface area contributed by atoms with Crippen LogP contribution in [0.15, 0.2) is 54.6 Å². The molecule has 0 unspecified atom stereocenters. The van der Waals surface area contributed by atoms with E-state index >= 15 is 0 Å². The predicted molar refractivity (Wildman–Crippen MR) is 113 cm³/mol. The fourth-order valence-electron chi connectivity index (χ4n) is 3.11. The summed E-state index contributed by atoms with van der Waals surface area (Å²) in [4.78, 5) is 16.6. The number of carbonyl (C=O) groups is 1. The zero-order chi connectivity index (χ0) is 19.5. The number of fused-ring (bicyclic) bond motifs is 1. The average Bonchev–Trinajstić information content (AvgIpc) is 3.22. The lowest BCUT2D eigenvalue weighted by molar-refractivity contribution is 0.0757. The first-order chi connectivity index (χ1) is 13.6. The maximum absolute atomic E-state index is 13.0. The highest BCUT2D eigenvalue weighted by molar-refractivity contribution is 7.17. The molecule has 1 aliphatic heterocycles. The van der Waals surface area contributed by atoms with E-state index in [1.807, 2.05) is 66.4 Å². The first-order valence-corrected chi connectivity index (χ1v) is 10.4. The molecule has 1 aliphatic rings. The number of halogens is 1. The maximum atomic E-state index is 13.0. The van der Waals surface area contributed by atoms with Crippen LogP contribution in [0, 0.1) is 0 Å². The summed E-state index contributed by atoms with van der Waals surface area (Å²) in [6.07, 6.45) is 0. The van der Waals surface area contributed by atoms with Gasteiger partial charge in [-0.05, 0) is 54.4 Å². The molecule has 4 rings (SSSR count). The highest BCUT2D eigenvalue weighted by atomic mass is 35.5. The molecular formula is C22H20ClNO3S. The van der Waals surface area contributed by atoms with Crippen LogP contribution in [0.25, 0.3) is 10.4 Å². The number of hydrogen-bond donors (Lipinski definition) is 0. The minimum absolute atomic E-state index is 0.0302. The van der Waals surface area contributed by atoms with Crippen molar-refractivity contribution in [2.45, 2.75) is 13.5 Å². The van der Waals surface area contributed by atoms with Crippen molar-refractivity contribution < 1.29 is 14.3 Å². The summed E-state index contributed by atoms with van der Waals surface area (Å²) in [6, 6.07) is 17.4. The standard InChI is InChI=1S/C22H20ClNO3S/c1-2-24(14-15-3-8-18-19(13-15)27-12-11-26-18)22(25)21-10-9-20(28-21)16-4-6-17(23)7-5-16/h3-10,13H,2,11-12,14H2,1H3. The molecule has 2 aromatic carbocycles. The molecule has 1 amide bonds. The van der Waals surface area contributed by atoms with E-state index in [1.54, 1.807) is 0 Å². The van der Waals surface area contributed by atoms with Gasteiger partial charge in [-0.15, -0.1) is 11.3 Å². The van der Waals surface area contributed by atoms with E-state index in [-0.39, 0.29) is 5.91 Å². The Morgan fingerprint density at radius 2 is 1.79 bits per heavy atom. The van der Waals surface area contributed by atoms with Gasteiger partial charge in [-0.2, -0.15) is 0 Å². The lowest BCUT2D eigenvalue weighted by Gasteiger charge is -2.22. The van der Waals surface area contributed by atoms with E-state index < -0.39 is 0 Å². The van der Waals surface area contributed by atoms with Crippen molar-refractivity contribution in [2.24, 2.45) is 0 Å². The Labute approximate surface area is 173 Å². The fourth-order valence-corrected chi connectivity index (χ4v) is 4.22. The predicted octanol–water partition coefficient (Wildman–Crippen LogP) is 5.50. The molecule has 2 heterocycles. The van der Waals surface area contributed by atoms with Crippen molar-refractivity contribution in [3.05, 3.63) is 70.1 Å². The van der Waals surface area contributed by atoms with E-state index in [1.165, 1.54) is 11.3 Å². The normalized spacial score (nSPS) is 12.6. The maximum Gasteiger partial charge on any atom is 0.264 e. The van der Waals surface area contributed by atoms with E-state index in [9.17, 15) is 4.79 Å². The van der Waals surface area contributed by atoms with Crippen LogP contribution in [0.5, 0.6) is 11.5 Å². The number of nitrogens with zero attached hydrogens (tertiary/aromatic N) is 1. The molecule has 0 N–H and O–H groups in total. The molecule has 28 heavy (non-hydrogen) atoms. The van der Waals surface area contributed by atoms with Crippen LogP contribution in [0.4, 0.5) is 0 Å². The van der Waals surface area contributed by atoms with Gasteiger partial charge in [-0.25, -0.2) is 0 Å². The third-order valence-electron chi connectivity index (χ3n) is 4.59. The second kappa shape index (κ2) is 8.25. The molecule has 0 spiro atoms. The molecule has 144 valence electrons. The van der Waals surface area contributed by atoms with Gasteiger partial charge in [0.25, 0.3) is 5.91 Å². The Hall–Kier alpha value is -2.50. The smallest absolute Gasteiger partial charge is 0.264 e. The van der Waals surface area contributed by atoms with E-state index in [0.717, 1.165) is 32.4 Å². The molecule has 4 nitrogen and oxygen atoms in total. The molecule has 0 fully saturated rings. The second-order valence-electron chi connectivity index (χ2n) is 6.47. The Kier molecular flexibility index (Phi) is 5.55. The third-order valence-corrected chi connectivity index (χ3v) is 5.97. The zero-order valence-electron chi connectivity index (χ0n) is 15.5. The van der Waals surface area contributed by atoms with Gasteiger partial charge in [0.2, 0.25) is 0 Å². The lowest BCUT2D eigenvalue weighted by atomic mass is 10.1. The Bertz CT molecular complexity index is 984. The van der Waals surface area contributed by atoms with Crippen molar-refractivity contribution >= 4 is 28.8 Å². The zero-order valence-corrected chi connectivity index (χ0v) is 17.1. The van der Waals surface area contributed by atoms with Crippen LogP contribution in [-0.4, -0.2) is 30.6 Å². The highest BCUT2D eigenvalue weighted by Gasteiger charge is 2.19. The summed E-state index contributed by atoms with van der Waals surface area (Å²) >= 11 is 7.46. The minimum atomic E-state index is 0.0302. The minimum Gasteiger partial charge on any atom is -0.486 e. The van der Waals surface area contributed by atoms with Crippen LogP contribution >= 0.6 is 22.9 Å². The summed E-state index contributed by atoms with van der Waals surface area (Å²) in [5.41, 5.74) is 2.08. The van der Waals surface area contributed by atoms with Gasteiger partial charge < -0.3 is 14.4 Å². The molecule has 6 heteroatoms. The number of carbonyl (C=O) groups excluding carboxylic acids is 1. The molecule has 0 saturated heterocycles. The molecule has 1 aromatic heterocycles. The number of rotatable bonds is 5. The van der Waals surface area contributed by atoms with Crippen LogP contribution in [0.1, 0.15) is 22.2 Å². The third kappa shape index (κ3) is 4.01. The molecular weight excluding hydrogens is 394 g/mol.